The molecule has 1 unspecified atom stereocenters. The minimum atomic E-state index is -3.62. The monoisotopic (exact) mass is 228 g/mol. The van der Waals surface area contributed by atoms with Gasteiger partial charge >= 0.3 is 7.60 Å². The van der Waals surface area contributed by atoms with Gasteiger partial charge in [-0.2, -0.15) is 0 Å². The summed E-state index contributed by atoms with van der Waals surface area (Å²) in [7, 11) is -2.36. The molecule has 0 saturated carbocycles. The summed E-state index contributed by atoms with van der Waals surface area (Å²) in [5.74, 6) is 0. The zero-order valence-corrected chi connectivity index (χ0v) is 10.3. The quantitative estimate of drug-likeness (QED) is 0.804. The van der Waals surface area contributed by atoms with Gasteiger partial charge in [-0.3, -0.25) is 4.57 Å². The van der Waals surface area contributed by atoms with Crippen molar-refractivity contribution in [2.75, 3.05) is 7.11 Å². The van der Waals surface area contributed by atoms with E-state index >= 15 is 0 Å². The van der Waals surface area contributed by atoms with Gasteiger partial charge in [-0.05, 0) is 30.0 Å². The van der Waals surface area contributed by atoms with E-state index in [0.29, 0.717) is 5.30 Å². The van der Waals surface area contributed by atoms with Gasteiger partial charge in [-0.25, -0.2) is 0 Å². The molecule has 1 N–H and O–H groups in total. The Labute approximate surface area is 90.6 Å². The van der Waals surface area contributed by atoms with Gasteiger partial charge in [0.1, 0.15) is 0 Å². The van der Waals surface area contributed by atoms with Crippen LogP contribution in [0.15, 0.2) is 18.2 Å². The van der Waals surface area contributed by atoms with Gasteiger partial charge in [0.05, 0.1) is 5.30 Å². The topological polar surface area (TPSA) is 46.5 Å². The molecule has 0 amide bonds. The maximum atomic E-state index is 11.8. The smallest absolute Gasteiger partial charge is 0.321 e. The predicted octanol–water partition coefficient (Wildman–Crippen LogP) is 2.27. The van der Waals surface area contributed by atoms with Crippen LogP contribution < -0.4 is 5.30 Å². The summed E-state index contributed by atoms with van der Waals surface area (Å²) in [6.45, 7) is 4.01. The van der Waals surface area contributed by atoms with Crippen molar-refractivity contribution in [3.63, 3.8) is 0 Å². The second-order valence-corrected chi connectivity index (χ2v) is 5.21. The van der Waals surface area contributed by atoms with Crippen LogP contribution in [0.2, 0.25) is 0 Å². The number of aryl methyl sites for hydroxylation is 1. The number of rotatable bonds is 4. The van der Waals surface area contributed by atoms with E-state index in [2.05, 4.69) is 4.52 Å². The van der Waals surface area contributed by atoms with Gasteiger partial charge in [0.2, 0.25) is 0 Å². The molecule has 1 rings (SSSR count). The van der Waals surface area contributed by atoms with Crippen molar-refractivity contribution >= 4 is 12.9 Å². The Hall–Kier alpha value is -0.630. The third kappa shape index (κ3) is 2.49. The van der Waals surface area contributed by atoms with E-state index in [0.717, 1.165) is 24.0 Å². The fourth-order valence-electron chi connectivity index (χ4n) is 1.72. The largest absolute Gasteiger partial charge is 0.358 e. The Morgan fingerprint density at radius 2 is 2.00 bits per heavy atom. The minimum Gasteiger partial charge on any atom is -0.321 e. The summed E-state index contributed by atoms with van der Waals surface area (Å²) in [4.78, 5) is 9.66. The number of benzene rings is 1. The zero-order valence-electron chi connectivity index (χ0n) is 9.36. The Kier molecular flexibility index (Phi) is 4.09. The van der Waals surface area contributed by atoms with Crippen LogP contribution in [0.25, 0.3) is 0 Å². The van der Waals surface area contributed by atoms with E-state index in [4.69, 9.17) is 0 Å². The lowest BCUT2D eigenvalue weighted by Gasteiger charge is -2.15. The summed E-state index contributed by atoms with van der Waals surface area (Å²) in [5.41, 5.74) is 2.05. The molecule has 1 aromatic carbocycles. The van der Waals surface area contributed by atoms with Gasteiger partial charge in [0.25, 0.3) is 0 Å². The summed E-state index contributed by atoms with van der Waals surface area (Å²) < 4.78 is 16.4. The lowest BCUT2D eigenvalue weighted by atomic mass is 10.0. The van der Waals surface area contributed by atoms with E-state index in [1.807, 2.05) is 19.9 Å². The molecule has 3 nitrogen and oxygen atoms in total. The Balaban J connectivity index is 3.36. The van der Waals surface area contributed by atoms with Gasteiger partial charge < -0.3 is 9.42 Å². The fourth-order valence-corrected chi connectivity index (χ4v) is 2.84. The van der Waals surface area contributed by atoms with Crippen LogP contribution in [0, 0.1) is 0 Å². The lowest BCUT2D eigenvalue weighted by molar-refractivity contribution is 0.327. The van der Waals surface area contributed by atoms with E-state index in [1.54, 1.807) is 12.1 Å². The minimum absolute atomic E-state index is 0.437. The normalized spacial score (nSPS) is 14.9. The highest BCUT2D eigenvalue weighted by molar-refractivity contribution is 7.61. The SMILES string of the molecule is CCc1cccc(P(=O)(O)OC)c1CC. The molecule has 84 valence electrons. The third-order valence-corrected chi connectivity index (χ3v) is 4.06. The van der Waals surface area contributed by atoms with Crippen molar-refractivity contribution in [1.29, 1.82) is 0 Å². The van der Waals surface area contributed by atoms with Crippen LogP contribution in [-0.2, 0) is 21.9 Å². The van der Waals surface area contributed by atoms with Crippen molar-refractivity contribution in [1.82, 2.24) is 0 Å². The molecule has 0 aliphatic heterocycles. The first-order valence-corrected chi connectivity index (χ1v) is 6.64. The van der Waals surface area contributed by atoms with E-state index in [-0.39, 0.29) is 0 Å². The Bertz CT molecular complexity index is 387. The molecular weight excluding hydrogens is 211 g/mol. The maximum absolute atomic E-state index is 11.8. The lowest BCUT2D eigenvalue weighted by Crippen LogP contribution is -2.14. The predicted molar refractivity (Wildman–Crippen MR) is 61.7 cm³/mol. The highest BCUT2D eigenvalue weighted by atomic mass is 31.2. The molecule has 0 aliphatic carbocycles. The molecule has 15 heavy (non-hydrogen) atoms. The molecule has 1 atom stereocenters. The van der Waals surface area contributed by atoms with Crippen molar-refractivity contribution in [3.05, 3.63) is 29.3 Å². The van der Waals surface area contributed by atoms with Crippen LogP contribution >= 0.6 is 7.60 Å². The van der Waals surface area contributed by atoms with Crippen molar-refractivity contribution in [3.8, 4) is 0 Å². The third-order valence-electron chi connectivity index (χ3n) is 2.53. The van der Waals surface area contributed by atoms with Crippen LogP contribution in [0.1, 0.15) is 25.0 Å². The first kappa shape index (κ1) is 12.4. The maximum Gasteiger partial charge on any atom is 0.358 e. The number of hydrogen-bond donors (Lipinski definition) is 1. The molecule has 0 saturated heterocycles. The molecule has 0 spiro atoms. The zero-order chi connectivity index (χ0) is 11.5. The Morgan fingerprint density at radius 3 is 2.47 bits per heavy atom. The van der Waals surface area contributed by atoms with Crippen molar-refractivity contribution < 1.29 is 14.0 Å². The average molecular weight is 228 g/mol. The molecule has 0 radical (unpaired) electrons. The van der Waals surface area contributed by atoms with E-state index < -0.39 is 7.60 Å². The summed E-state index contributed by atoms with van der Waals surface area (Å²) in [6.07, 6.45) is 1.61. The molecule has 1 aromatic rings. The second-order valence-electron chi connectivity index (χ2n) is 3.32. The van der Waals surface area contributed by atoms with E-state index in [9.17, 15) is 9.46 Å². The summed E-state index contributed by atoms with van der Waals surface area (Å²) in [5, 5.41) is 0.437. The van der Waals surface area contributed by atoms with Crippen LogP contribution in [0.4, 0.5) is 0 Å². The molecule has 0 fully saturated rings. The molecule has 4 heteroatoms. The molecule has 0 aromatic heterocycles. The molecule has 0 heterocycles. The van der Waals surface area contributed by atoms with Gasteiger partial charge in [0, 0.05) is 7.11 Å². The molecule has 0 bridgehead atoms. The highest BCUT2D eigenvalue weighted by Gasteiger charge is 2.24. The second kappa shape index (κ2) is 4.93. The molecule has 0 aliphatic rings. The van der Waals surface area contributed by atoms with Crippen LogP contribution in [0.5, 0.6) is 0 Å². The van der Waals surface area contributed by atoms with Crippen molar-refractivity contribution in [2.45, 2.75) is 26.7 Å². The van der Waals surface area contributed by atoms with Gasteiger partial charge in [0.15, 0.2) is 0 Å². The summed E-state index contributed by atoms with van der Waals surface area (Å²) >= 11 is 0. The highest BCUT2D eigenvalue weighted by Crippen LogP contribution is 2.41. The first-order chi connectivity index (χ1) is 7.06. The van der Waals surface area contributed by atoms with Crippen LogP contribution in [-0.4, -0.2) is 12.0 Å². The van der Waals surface area contributed by atoms with E-state index in [1.165, 1.54) is 7.11 Å². The summed E-state index contributed by atoms with van der Waals surface area (Å²) in [6, 6.07) is 5.45. The number of hydrogen-bond acceptors (Lipinski definition) is 2. The van der Waals surface area contributed by atoms with Gasteiger partial charge in [-0.1, -0.05) is 26.0 Å². The average Bonchev–Trinajstić information content (AvgIpc) is 2.27. The standard InChI is InChI=1S/C11H17O3P/c1-4-9-7-6-8-11(10(9)5-2)15(12,13)14-3/h6-8H,4-5H2,1-3H3,(H,12,13). The fraction of sp³-hybridized carbons (Fsp3) is 0.455. The van der Waals surface area contributed by atoms with Crippen molar-refractivity contribution in [2.24, 2.45) is 0 Å². The van der Waals surface area contributed by atoms with Gasteiger partial charge in [-0.15, -0.1) is 0 Å². The first-order valence-electron chi connectivity index (χ1n) is 5.06. The molecular formula is C11H17O3P. The Morgan fingerprint density at radius 1 is 1.33 bits per heavy atom. The van der Waals surface area contributed by atoms with Crippen LogP contribution in [0.3, 0.4) is 0 Å².